The first kappa shape index (κ1) is 25.6. The van der Waals surface area contributed by atoms with E-state index < -0.39 is 79.9 Å². The molecule has 0 aromatic rings. The lowest BCUT2D eigenvalue weighted by Gasteiger charge is -2.23. The number of nitrogens with two attached hydrogens (primary N) is 1. The zero-order chi connectivity index (χ0) is 21.9. The summed E-state index contributed by atoms with van der Waals surface area (Å²) < 4.78 is 0. The molecule has 0 aromatic carbocycles. The molecule has 0 saturated carbocycles. The molecule has 4 atom stereocenters. The van der Waals surface area contributed by atoms with Gasteiger partial charge in [-0.2, -0.15) is 12.6 Å². The van der Waals surface area contributed by atoms with Gasteiger partial charge < -0.3 is 42.1 Å². The fraction of sp³-hybridized carbons (Fsp3) is 0.643. The number of carbonyl (C=O) groups excluding carboxylic acids is 3. The van der Waals surface area contributed by atoms with Crippen LogP contribution in [0.1, 0.15) is 12.8 Å². The third kappa shape index (κ3) is 8.98. The van der Waals surface area contributed by atoms with Crippen LogP contribution in [-0.2, 0) is 24.0 Å². The highest BCUT2D eigenvalue weighted by molar-refractivity contribution is 7.80. The average molecular weight is 424 g/mol. The first-order chi connectivity index (χ1) is 13.1. The van der Waals surface area contributed by atoms with Crippen molar-refractivity contribution in [3.05, 3.63) is 0 Å². The first-order valence-electron chi connectivity index (χ1n) is 8.01. The molecule has 0 radical (unpaired) electrons. The maximum Gasteiger partial charge on any atom is 0.326 e. The van der Waals surface area contributed by atoms with Crippen LogP contribution < -0.4 is 21.7 Å². The number of amides is 3. The minimum absolute atomic E-state index is 0.0276. The third-order valence-corrected chi connectivity index (χ3v) is 3.82. The van der Waals surface area contributed by atoms with E-state index in [1.807, 2.05) is 10.6 Å². The number of carboxylic acids is 2. The molecular weight excluding hydrogens is 400 g/mol. The zero-order valence-corrected chi connectivity index (χ0v) is 15.6. The number of hydrogen-bond donors (Lipinski definition) is 9. The summed E-state index contributed by atoms with van der Waals surface area (Å²) >= 11 is 3.81. The van der Waals surface area contributed by atoms with E-state index in [1.54, 1.807) is 0 Å². The standard InChI is InChI=1S/C14H24N4O9S/c15-6(5-28)11(23)17-8(3-19)13(25)18-9(4-20)12(24)16-7(14(26)27)1-2-10(21)22/h6-9,19-20,28H,1-5,15H2,(H,16,24)(H,17,23)(H,18,25)(H,21,22)(H,26,27). The SMILES string of the molecule is NC(CS)C(=O)NC(CO)C(=O)NC(CO)C(=O)NC(CCC(=O)O)C(=O)O. The second-order valence-corrected chi connectivity index (χ2v) is 5.97. The zero-order valence-electron chi connectivity index (χ0n) is 14.7. The van der Waals surface area contributed by atoms with Crippen molar-refractivity contribution in [1.29, 1.82) is 0 Å². The Morgan fingerprint density at radius 3 is 1.61 bits per heavy atom. The lowest BCUT2D eigenvalue weighted by molar-refractivity contribution is -0.143. The highest BCUT2D eigenvalue weighted by atomic mass is 32.1. The molecule has 14 heteroatoms. The molecule has 9 N–H and O–H groups in total. The molecule has 0 bridgehead atoms. The van der Waals surface area contributed by atoms with Crippen LogP contribution in [0.5, 0.6) is 0 Å². The van der Waals surface area contributed by atoms with Gasteiger partial charge in [0.1, 0.15) is 18.1 Å². The highest BCUT2D eigenvalue weighted by Gasteiger charge is 2.29. The number of aliphatic hydroxyl groups excluding tert-OH is 2. The molecule has 0 saturated heterocycles. The predicted octanol–water partition coefficient (Wildman–Crippen LogP) is -4.37. The summed E-state index contributed by atoms with van der Waals surface area (Å²) in [5.74, 6) is -5.71. The summed E-state index contributed by atoms with van der Waals surface area (Å²) in [6.07, 6.45) is -0.948. The smallest absolute Gasteiger partial charge is 0.326 e. The van der Waals surface area contributed by atoms with E-state index in [0.717, 1.165) is 0 Å². The van der Waals surface area contributed by atoms with Crippen molar-refractivity contribution in [2.45, 2.75) is 37.0 Å². The molecule has 0 aromatic heterocycles. The Morgan fingerprint density at radius 2 is 1.25 bits per heavy atom. The van der Waals surface area contributed by atoms with E-state index in [9.17, 15) is 34.2 Å². The molecule has 0 spiro atoms. The Labute approximate surface area is 165 Å². The van der Waals surface area contributed by atoms with Crippen LogP contribution in [0.15, 0.2) is 0 Å². The van der Waals surface area contributed by atoms with E-state index in [4.69, 9.17) is 15.9 Å². The fourth-order valence-corrected chi connectivity index (χ4v) is 1.99. The van der Waals surface area contributed by atoms with Crippen molar-refractivity contribution < 1.29 is 44.4 Å². The monoisotopic (exact) mass is 424 g/mol. The van der Waals surface area contributed by atoms with Gasteiger partial charge in [0.25, 0.3) is 0 Å². The van der Waals surface area contributed by atoms with E-state index in [0.29, 0.717) is 0 Å². The minimum Gasteiger partial charge on any atom is -0.481 e. The van der Waals surface area contributed by atoms with Gasteiger partial charge in [-0.1, -0.05) is 0 Å². The third-order valence-electron chi connectivity index (χ3n) is 3.43. The molecule has 0 fully saturated rings. The Hall–Kier alpha value is -2.42. The number of carboxylic acid groups (broad SMARTS) is 2. The van der Waals surface area contributed by atoms with E-state index in [-0.39, 0.29) is 5.75 Å². The van der Waals surface area contributed by atoms with Crippen LogP contribution in [0.2, 0.25) is 0 Å². The summed E-state index contributed by atoms with van der Waals surface area (Å²) in [5, 5.41) is 42.3. The van der Waals surface area contributed by atoms with Crippen LogP contribution in [0.4, 0.5) is 0 Å². The number of hydrogen-bond acceptors (Lipinski definition) is 9. The van der Waals surface area contributed by atoms with Gasteiger partial charge >= 0.3 is 11.9 Å². The van der Waals surface area contributed by atoms with Crippen molar-refractivity contribution in [2.24, 2.45) is 5.73 Å². The molecular formula is C14H24N4O9S. The number of carbonyl (C=O) groups is 5. The molecule has 4 unspecified atom stereocenters. The number of thiol groups is 1. The predicted molar refractivity (Wildman–Crippen MR) is 96.3 cm³/mol. The molecule has 0 aliphatic carbocycles. The average Bonchev–Trinajstić information content (AvgIpc) is 2.65. The Balaban J connectivity index is 4.96. The lowest BCUT2D eigenvalue weighted by Crippen LogP contribution is -2.59. The van der Waals surface area contributed by atoms with Crippen LogP contribution in [0.25, 0.3) is 0 Å². The second kappa shape index (κ2) is 12.9. The molecule has 0 heterocycles. The van der Waals surface area contributed by atoms with E-state index in [1.165, 1.54) is 0 Å². The largest absolute Gasteiger partial charge is 0.481 e. The van der Waals surface area contributed by atoms with Crippen LogP contribution in [0.3, 0.4) is 0 Å². The number of aliphatic carboxylic acids is 2. The molecule has 0 rings (SSSR count). The van der Waals surface area contributed by atoms with Crippen molar-refractivity contribution in [3.8, 4) is 0 Å². The van der Waals surface area contributed by atoms with Gasteiger partial charge in [0.05, 0.1) is 19.3 Å². The molecule has 0 aliphatic rings. The quantitative estimate of drug-likeness (QED) is 0.129. The topological polar surface area (TPSA) is 228 Å². The summed E-state index contributed by atoms with van der Waals surface area (Å²) in [6, 6.07) is -5.70. The van der Waals surface area contributed by atoms with Gasteiger partial charge in [0.15, 0.2) is 0 Å². The van der Waals surface area contributed by atoms with Gasteiger partial charge in [0, 0.05) is 12.2 Å². The van der Waals surface area contributed by atoms with Gasteiger partial charge in [0.2, 0.25) is 17.7 Å². The van der Waals surface area contributed by atoms with Crippen molar-refractivity contribution in [2.75, 3.05) is 19.0 Å². The van der Waals surface area contributed by atoms with E-state index >= 15 is 0 Å². The van der Waals surface area contributed by atoms with Gasteiger partial charge in [-0.3, -0.25) is 19.2 Å². The lowest BCUT2D eigenvalue weighted by atomic mass is 10.1. The normalized spacial score (nSPS) is 14.9. The summed E-state index contributed by atoms with van der Waals surface area (Å²) in [6.45, 7) is -1.77. The van der Waals surface area contributed by atoms with Crippen molar-refractivity contribution in [3.63, 3.8) is 0 Å². The van der Waals surface area contributed by atoms with Gasteiger partial charge in [-0.15, -0.1) is 0 Å². The number of rotatable bonds is 13. The summed E-state index contributed by atoms with van der Waals surface area (Å²) in [4.78, 5) is 57.5. The van der Waals surface area contributed by atoms with Crippen LogP contribution >= 0.6 is 12.6 Å². The highest BCUT2D eigenvalue weighted by Crippen LogP contribution is 2.00. The van der Waals surface area contributed by atoms with Gasteiger partial charge in [-0.25, -0.2) is 4.79 Å². The second-order valence-electron chi connectivity index (χ2n) is 5.61. The summed E-state index contributed by atoms with van der Waals surface area (Å²) in [5.41, 5.74) is 5.42. The van der Waals surface area contributed by atoms with Crippen LogP contribution in [0, 0.1) is 0 Å². The molecule has 28 heavy (non-hydrogen) atoms. The maximum absolute atomic E-state index is 12.1. The Bertz CT molecular complexity index is 589. The molecule has 0 aliphatic heterocycles. The Morgan fingerprint density at radius 1 is 0.821 bits per heavy atom. The van der Waals surface area contributed by atoms with Crippen molar-refractivity contribution >= 4 is 42.3 Å². The maximum atomic E-state index is 12.1. The van der Waals surface area contributed by atoms with E-state index in [2.05, 4.69) is 17.9 Å². The number of aliphatic hydroxyl groups is 2. The molecule has 3 amide bonds. The Kier molecular flexibility index (Phi) is 11.8. The molecule has 160 valence electrons. The summed E-state index contributed by atoms with van der Waals surface area (Å²) in [7, 11) is 0. The fourth-order valence-electron chi connectivity index (χ4n) is 1.82. The minimum atomic E-state index is -1.61. The van der Waals surface area contributed by atoms with Crippen molar-refractivity contribution in [1.82, 2.24) is 16.0 Å². The first-order valence-corrected chi connectivity index (χ1v) is 8.64. The molecule has 13 nitrogen and oxygen atoms in total. The van der Waals surface area contributed by atoms with Crippen LogP contribution in [-0.4, -0.2) is 93.2 Å². The van der Waals surface area contributed by atoms with Gasteiger partial charge in [-0.05, 0) is 6.42 Å². The number of nitrogens with one attached hydrogen (secondary N) is 3.